The van der Waals surface area contributed by atoms with Crippen LogP contribution in [0.4, 0.5) is 5.69 Å². The van der Waals surface area contributed by atoms with E-state index < -0.39 is 5.97 Å². The van der Waals surface area contributed by atoms with E-state index in [1.165, 1.54) is 12.0 Å². The monoisotopic (exact) mass is 360 g/mol. The summed E-state index contributed by atoms with van der Waals surface area (Å²) < 4.78 is 0. The fourth-order valence-corrected chi connectivity index (χ4v) is 3.92. The molecule has 1 aliphatic heterocycles. The molecule has 2 aromatic carbocycles. The average Bonchev–Trinajstić information content (AvgIpc) is 2.67. The second-order valence-corrected chi connectivity index (χ2v) is 7.42. The molecule has 0 radical (unpaired) electrons. The fourth-order valence-electron chi connectivity index (χ4n) is 3.92. The molecule has 0 spiro atoms. The Labute approximate surface area is 159 Å². The first-order valence-electron chi connectivity index (χ1n) is 9.54. The lowest BCUT2D eigenvalue weighted by atomic mass is 9.97. The van der Waals surface area contributed by atoms with Crippen molar-refractivity contribution in [3.8, 4) is 11.3 Å². The Bertz CT molecular complexity index is 1000. The van der Waals surface area contributed by atoms with Gasteiger partial charge in [0, 0.05) is 24.0 Å². The minimum absolute atomic E-state index is 0.376. The summed E-state index contributed by atoms with van der Waals surface area (Å²) in [5, 5.41) is 10.9. The van der Waals surface area contributed by atoms with E-state index in [9.17, 15) is 9.90 Å². The van der Waals surface area contributed by atoms with Crippen LogP contribution in [-0.2, 0) is 0 Å². The Hall–Kier alpha value is -2.88. The van der Waals surface area contributed by atoms with Gasteiger partial charge in [-0.15, -0.1) is 0 Å². The number of carboxylic acid groups (broad SMARTS) is 1. The van der Waals surface area contributed by atoms with Crippen LogP contribution in [0.1, 0.15) is 40.7 Å². The third kappa shape index (κ3) is 3.27. The number of nitrogens with zero attached hydrogens (tertiary/aromatic N) is 2. The molecule has 0 amide bonds. The van der Waals surface area contributed by atoms with E-state index in [2.05, 4.69) is 24.0 Å². The number of hydrogen-bond donors (Lipinski definition) is 1. The van der Waals surface area contributed by atoms with Crippen LogP contribution >= 0.6 is 0 Å². The quantitative estimate of drug-likeness (QED) is 0.697. The number of carboxylic acids is 1. The standard InChI is InChI=1S/C23H24N2O2/c1-15-6-9-17(10-7-15)21-22(25-12-4-3-5-13-25)20(23(26)27)18-14-16(2)8-11-19(18)24-21/h6-11,14H,3-5,12-13H2,1-2H3,(H,26,27). The second kappa shape index (κ2) is 7.03. The highest BCUT2D eigenvalue weighted by Gasteiger charge is 2.26. The predicted molar refractivity (Wildman–Crippen MR) is 110 cm³/mol. The van der Waals surface area contributed by atoms with Gasteiger partial charge in [0.15, 0.2) is 0 Å². The number of aromatic carboxylic acids is 1. The summed E-state index contributed by atoms with van der Waals surface area (Å²) in [7, 11) is 0. The molecule has 1 saturated heterocycles. The summed E-state index contributed by atoms with van der Waals surface area (Å²) in [4.78, 5) is 19.5. The number of pyridine rings is 1. The molecule has 1 fully saturated rings. The molecule has 0 bridgehead atoms. The maximum atomic E-state index is 12.4. The zero-order valence-corrected chi connectivity index (χ0v) is 15.8. The average molecular weight is 360 g/mol. The summed E-state index contributed by atoms with van der Waals surface area (Å²) in [5.41, 5.74) is 5.82. The van der Waals surface area contributed by atoms with Crippen molar-refractivity contribution in [1.29, 1.82) is 0 Å². The van der Waals surface area contributed by atoms with Gasteiger partial charge < -0.3 is 10.0 Å². The van der Waals surface area contributed by atoms with Crippen LogP contribution in [0.15, 0.2) is 42.5 Å². The number of benzene rings is 2. The number of fused-ring (bicyclic) bond motifs is 1. The van der Waals surface area contributed by atoms with Gasteiger partial charge in [0.2, 0.25) is 0 Å². The Balaban J connectivity index is 2.06. The topological polar surface area (TPSA) is 53.4 Å². The number of rotatable bonds is 3. The van der Waals surface area contributed by atoms with E-state index in [0.717, 1.165) is 59.3 Å². The van der Waals surface area contributed by atoms with E-state index in [1.54, 1.807) is 0 Å². The molecule has 1 N–H and O–H groups in total. The first kappa shape index (κ1) is 17.5. The van der Waals surface area contributed by atoms with Gasteiger partial charge >= 0.3 is 5.97 Å². The largest absolute Gasteiger partial charge is 0.478 e. The van der Waals surface area contributed by atoms with E-state index in [-0.39, 0.29) is 0 Å². The van der Waals surface area contributed by atoms with Crippen LogP contribution in [0.5, 0.6) is 0 Å². The zero-order chi connectivity index (χ0) is 19.0. The maximum absolute atomic E-state index is 12.4. The molecule has 27 heavy (non-hydrogen) atoms. The summed E-state index contributed by atoms with van der Waals surface area (Å²) in [6.45, 7) is 5.78. The van der Waals surface area contributed by atoms with Crippen LogP contribution in [0, 0.1) is 13.8 Å². The van der Waals surface area contributed by atoms with Crippen LogP contribution < -0.4 is 4.90 Å². The number of piperidine rings is 1. The number of anilines is 1. The molecule has 0 aliphatic carbocycles. The Morgan fingerprint density at radius 3 is 2.30 bits per heavy atom. The van der Waals surface area contributed by atoms with E-state index in [4.69, 9.17) is 4.98 Å². The lowest BCUT2D eigenvalue weighted by Gasteiger charge is -2.32. The highest BCUT2D eigenvalue weighted by Crippen LogP contribution is 2.38. The minimum atomic E-state index is -0.887. The maximum Gasteiger partial charge on any atom is 0.338 e. The highest BCUT2D eigenvalue weighted by atomic mass is 16.4. The summed E-state index contributed by atoms with van der Waals surface area (Å²) in [6, 6.07) is 14.0. The van der Waals surface area contributed by atoms with Crippen molar-refractivity contribution in [3.63, 3.8) is 0 Å². The Morgan fingerprint density at radius 1 is 0.963 bits per heavy atom. The molecule has 0 saturated carbocycles. The smallest absolute Gasteiger partial charge is 0.338 e. The van der Waals surface area contributed by atoms with Crippen molar-refractivity contribution in [2.45, 2.75) is 33.1 Å². The zero-order valence-electron chi connectivity index (χ0n) is 15.8. The van der Waals surface area contributed by atoms with Gasteiger partial charge in [-0.25, -0.2) is 9.78 Å². The van der Waals surface area contributed by atoms with Gasteiger partial charge in [-0.3, -0.25) is 0 Å². The molecule has 2 heterocycles. The minimum Gasteiger partial charge on any atom is -0.478 e. The van der Waals surface area contributed by atoms with Gasteiger partial charge in [0.05, 0.1) is 22.5 Å². The SMILES string of the molecule is Cc1ccc(-c2nc3ccc(C)cc3c(C(=O)O)c2N2CCCCC2)cc1. The van der Waals surface area contributed by atoms with Crippen molar-refractivity contribution in [2.75, 3.05) is 18.0 Å². The van der Waals surface area contributed by atoms with Gasteiger partial charge in [0.1, 0.15) is 0 Å². The lowest BCUT2D eigenvalue weighted by Crippen LogP contribution is -2.31. The van der Waals surface area contributed by atoms with Crippen molar-refractivity contribution < 1.29 is 9.90 Å². The van der Waals surface area contributed by atoms with Crippen molar-refractivity contribution >= 4 is 22.6 Å². The third-order valence-electron chi connectivity index (χ3n) is 5.33. The number of aryl methyl sites for hydroxylation is 2. The molecule has 0 unspecified atom stereocenters. The number of aromatic nitrogens is 1. The van der Waals surface area contributed by atoms with Gasteiger partial charge in [-0.1, -0.05) is 41.5 Å². The van der Waals surface area contributed by atoms with Crippen LogP contribution in [0.3, 0.4) is 0 Å². The van der Waals surface area contributed by atoms with Crippen LogP contribution in [0.25, 0.3) is 22.2 Å². The molecule has 4 heteroatoms. The molecule has 1 aliphatic rings. The molecule has 1 aromatic heterocycles. The Morgan fingerprint density at radius 2 is 1.63 bits per heavy atom. The normalized spacial score (nSPS) is 14.5. The van der Waals surface area contributed by atoms with Gasteiger partial charge in [0.25, 0.3) is 0 Å². The third-order valence-corrected chi connectivity index (χ3v) is 5.33. The lowest BCUT2D eigenvalue weighted by molar-refractivity contribution is 0.0699. The molecular formula is C23H24N2O2. The van der Waals surface area contributed by atoms with Gasteiger partial charge in [-0.05, 0) is 45.2 Å². The van der Waals surface area contributed by atoms with Crippen molar-refractivity contribution in [1.82, 2.24) is 4.98 Å². The van der Waals surface area contributed by atoms with Crippen LogP contribution in [-0.4, -0.2) is 29.1 Å². The molecule has 0 atom stereocenters. The summed E-state index contributed by atoms with van der Waals surface area (Å²) in [6.07, 6.45) is 3.36. The molecule has 3 aromatic rings. The van der Waals surface area contributed by atoms with E-state index in [0.29, 0.717) is 5.56 Å². The summed E-state index contributed by atoms with van der Waals surface area (Å²) >= 11 is 0. The number of carbonyl (C=O) groups is 1. The molecular weight excluding hydrogens is 336 g/mol. The molecule has 4 nitrogen and oxygen atoms in total. The highest BCUT2D eigenvalue weighted by molar-refractivity contribution is 6.10. The second-order valence-electron chi connectivity index (χ2n) is 7.42. The van der Waals surface area contributed by atoms with Crippen molar-refractivity contribution in [3.05, 3.63) is 59.2 Å². The summed E-state index contributed by atoms with van der Waals surface area (Å²) in [5.74, 6) is -0.887. The predicted octanol–water partition coefficient (Wildman–Crippen LogP) is 5.21. The fraction of sp³-hybridized carbons (Fsp3) is 0.304. The van der Waals surface area contributed by atoms with Crippen LogP contribution in [0.2, 0.25) is 0 Å². The van der Waals surface area contributed by atoms with E-state index in [1.807, 2.05) is 37.3 Å². The van der Waals surface area contributed by atoms with Crippen molar-refractivity contribution in [2.24, 2.45) is 0 Å². The molecule has 138 valence electrons. The number of hydrogen-bond acceptors (Lipinski definition) is 3. The first-order valence-corrected chi connectivity index (χ1v) is 9.54. The Kier molecular flexibility index (Phi) is 4.56. The first-order chi connectivity index (χ1) is 13.0. The van der Waals surface area contributed by atoms with Gasteiger partial charge in [-0.2, -0.15) is 0 Å². The molecule has 4 rings (SSSR count). The van der Waals surface area contributed by atoms with E-state index >= 15 is 0 Å².